The summed E-state index contributed by atoms with van der Waals surface area (Å²) in [5.74, 6) is 0. The van der Waals surface area contributed by atoms with Crippen molar-refractivity contribution in [3.05, 3.63) is 28.8 Å². The smallest absolute Gasteiger partial charge is 0.335 e. The van der Waals surface area contributed by atoms with Crippen molar-refractivity contribution >= 4 is 34.2 Å². The maximum Gasteiger partial charge on any atom is 0.417 e. The Morgan fingerprint density at radius 3 is 2.72 bits per heavy atom. The minimum Gasteiger partial charge on any atom is -0.335 e. The maximum absolute atomic E-state index is 12.7. The third-order valence-electron chi connectivity index (χ3n) is 2.33. The predicted octanol–water partition coefficient (Wildman–Crippen LogP) is 4.26. The molecule has 1 unspecified atom stereocenters. The van der Waals surface area contributed by atoms with Crippen molar-refractivity contribution in [1.82, 2.24) is 0 Å². The molecule has 0 saturated carbocycles. The van der Waals surface area contributed by atoms with E-state index in [4.69, 9.17) is 11.6 Å². The van der Waals surface area contributed by atoms with Gasteiger partial charge in [0.05, 0.1) is 17.1 Å². The number of halogens is 4. The lowest BCUT2D eigenvalue weighted by Crippen LogP contribution is -2.10. The molecule has 0 aliphatic carbocycles. The molecule has 2 rings (SSSR count). The summed E-state index contributed by atoms with van der Waals surface area (Å²) in [6.45, 7) is 2.68. The second-order valence-electron chi connectivity index (χ2n) is 3.89. The molecule has 7 heteroatoms. The van der Waals surface area contributed by atoms with Crippen molar-refractivity contribution in [1.29, 1.82) is 0 Å². The van der Waals surface area contributed by atoms with E-state index in [-0.39, 0.29) is 5.02 Å². The average Bonchev–Trinajstić information content (AvgIpc) is 2.65. The molecule has 1 atom stereocenters. The van der Waals surface area contributed by atoms with Gasteiger partial charge in [-0.2, -0.15) is 13.2 Å². The summed E-state index contributed by atoms with van der Waals surface area (Å²) in [7, 11) is 0. The summed E-state index contributed by atoms with van der Waals surface area (Å²) < 4.78 is 38.0. The molecular formula is C11H10ClF3N2S. The summed E-state index contributed by atoms with van der Waals surface area (Å²) >= 11 is 7.04. The van der Waals surface area contributed by atoms with Gasteiger partial charge in [0.2, 0.25) is 0 Å². The van der Waals surface area contributed by atoms with Crippen LogP contribution in [0.1, 0.15) is 12.5 Å². The van der Waals surface area contributed by atoms with Crippen LogP contribution >= 0.6 is 23.4 Å². The molecule has 18 heavy (non-hydrogen) atoms. The molecule has 0 aromatic heterocycles. The van der Waals surface area contributed by atoms with Gasteiger partial charge < -0.3 is 5.32 Å². The van der Waals surface area contributed by atoms with E-state index in [1.165, 1.54) is 23.9 Å². The van der Waals surface area contributed by atoms with Crippen LogP contribution in [0.5, 0.6) is 0 Å². The fourth-order valence-electron chi connectivity index (χ4n) is 1.49. The zero-order valence-corrected chi connectivity index (χ0v) is 11.0. The molecule has 1 aromatic carbocycles. The zero-order valence-electron chi connectivity index (χ0n) is 9.38. The second kappa shape index (κ2) is 5.01. The first-order valence-electron chi connectivity index (χ1n) is 5.21. The molecule has 0 saturated heterocycles. The minimum atomic E-state index is -4.45. The van der Waals surface area contributed by atoms with Crippen LogP contribution in [0.2, 0.25) is 5.02 Å². The molecule has 0 bridgehead atoms. The van der Waals surface area contributed by atoms with E-state index in [1.54, 1.807) is 0 Å². The Labute approximate surface area is 112 Å². The van der Waals surface area contributed by atoms with Gasteiger partial charge in [0.15, 0.2) is 5.17 Å². The van der Waals surface area contributed by atoms with Gasteiger partial charge >= 0.3 is 6.18 Å². The molecule has 2 nitrogen and oxygen atoms in total. The van der Waals surface area contributed by atoms with E-state index in [1.807, 2.05) is 6.92 Å². The van der Waals surface area contributed by atoms with Crippen LogP contribution in [0.25, 0.3) is 0 Å². The Balaban J connectivity index is 2.20. The molecule has 1 aliphatic rings. The number of thioether (sulfide) groups is 1. The van der Waals surface area contributed by atoms with Crippen LogP contribution in [0, 0.1) is 0 Å². The Bertz CT molecular complexity index is 488. The summed E-state index contributed by atoms with van der Waals surface area (Å²) in [6, 6.07) is 3.73. The Morgan fingerprint density at radius 1 is 1.44 bits per heavy atom. The molecule has 1 heterocycles. The van der Waals surface area contributed by atoms with Crippen molar-refractivity contribution in [2.45, 2.75) is 18.3 Å². The largest absolute Gasteiger partial charge is 0.417 e. The molecule has 1 aromatic rings. The fraction of sp³-hybridized carbons (Fsp3) is 0.364. The van der Waals surface area contributed by atoms with Gasteiger partial charge in [0, 0.05) is 10.9 Å². The molecule has 0 spiro atoms. The lowest BCUT2D eigenvalue weighted by Gasteiger charge is -2.12. The van der Waals surface area contributed by atoms with Crippen LogP contribution in [0.15, 0.2) is 23.2 Å². The van der Waals surface area contributed by atoms with E-state index in [9.17, 15) is 13.2 Å². The van der Waals surface area contributed by atoms with E-state index < -0.39 is 11.7 Å². The van der Waals surface area contributed by atoms with Gasteiger partial charge in [-0.1, -0.05) is 30.3 Å². The number of anilines is 1. The maximum atomic E-state index is 12.7. The number of benzene rings is 1. The van der Waals surface area contributed by atoms with E-state index >= 15 is 0 Å². The SMILES string of the molecule is CC1CN=C(Nc2ccc(Cl)c(C(F)(F)F)c2)S1. The normalized spacial score (nSPS) is 19.8. The first-order chi connectivity index (χ1) is 8.36. The Hall–Kier alpha value is -0.880. The van der Waals surface area contributed by atoms with E-state index in [2.05, 4.69) is 10.3 Å². The quantitative estimate of drug-likeness (QED) is 0.837. The monoisotopic (exact) mass is 294 g/mol. The summed E-state index contributed by atoms with van der Waals surface area (Å²) in [6.07, 6.45) is -4.45. The van der Waals surface area contributed by atoms with Crippen LogP contribution in [-0.2, 0) is 6.18 Å². The third kappa shape index (κ3) is 3.11. The average molecular weight is 295 g/mol. The van der Waals surface area contributed by atoms with Crippen molar-refractivity contribution in [2.24, 2.45) is 4.99 Å². The first kappa shape index (κ1) is 13.5. The molecule has 0 fully saturated rings. The number of aliphatic imine (C=N–C) groups is 1. The Morgan fingerprint density at radius 2 is 2.17 bits per heavy atom. The van der Waals surface area contributed by atoms with Crippen molar-refractivity contribution in [3.63, 3.8) is 0 Å². The van der Waals surface area contributed by atoms with Crippen LogP contribution < -0.4 is 5.32 Å². The first-order valence-corrected chi connectivity index (χ1v) is 6.47. The standard InChI is InChI=1S/C11H10ClF3N2S/c1-6-5-16-10(18-6)17-7-2-3-9(12)8(4-7)11(13,14)15/h2-4,6H,5H2,1H3,(H,16,17). The molecule has 0 amide bonds. The number of amidine groups is 1. The highest BCUT2D eigenvalue weighted by Crippen LogP contribution is 2.36. The van der Waals surface area contributed by atoms with Crippen molar-refractivity contribution < 1.29 is 13.2 Å². The molecule has 98 valence electrons. The molecule has 1 aliphatic heterocycles. The van der Waals surface area contributed by atoms with Crippen LogP contribution in [-0.4, -0.2) is 17.0 Å². The lowest BCUT2D eigenvalue weighted by atomic mass is 10.2. The van der Waals surface area contributed by atoms with E-state index in [0.29, 0.717) is 22.6 Å². The topological polar surface area (TPSA) is 24.4 Å². The number of nitrogens with zero attached hydrogens (tertiary/aromatic N) is 1. The molecular weight excluding hydrogens is 285 g/mol. The third-order valence-corrected chi connectivity index (χ3v) is 3.66. The lowest BCUT2D eigenvalue weighted by molar-refractivity contribution is -0.137. The molecule has 1 N–H and O–H groups in total. The predicted molar refractivity (Wildman–Crippen MR) is 69.4 cm³/mol. The van der Waals surface area contributed by atoms with Gasteiger partial charge in [-0.15, -0.1) is 0 Å². The minimum absolute atomic E-state index is 0.303. The van der Waals surface area contributed by atoms with Crippen LogP contribution in [0.3, 0.4) is 0 Å². The molecule has 0 radical (unpaired) electrons. The number of nitrogens with one attached hydrogen (secondary N) is 1. The van der Waals surface area contributed by atoms with Gasteiger partial charge in [0.1, 0.15) is 0 Å². The number of hydrogen-bond acceptors (Lipinski definition) is 3. The zero-order chi connectivity index (χ0) is 13.3. The van der Waals surface area contributed by atoms with Gasteiger partial charge in [-0.3, -0.25) is 4.99 Å². The van der Waals surface area contributed by atoms with Gasteiger partial charge in [-0.25, -0.2) is 0 Å². The highest BCUT2D eigenvalue weighted by Gasteiger charge is 2.33. The van der Waals surface area contributed by atoms with Crippen LogP contribution in [0.4, 0.5) is 18.9 Å². The summed E-state index contributed by atoms with van der Waals surface area (Å²) in [4.78, 5) is 4.18. The Kier molecular flexibility index (Phi) is 3.77. The van der Waals surface area contributed by atoms with Gasteiger partial charge in [-0.05, 0) is 18.2 Å². The number of alkyl halides is 3. The summed E-state index contributed by atoms with van der Waals surface area (Å²) in [5, 5.41) is 3.55. The summed E-state index contributed by atoms with van der Waals surface area (Å²) in [5.41, 5.74) is -0.502. The van der Waals surface area contributed by atoms with Crippen molar-refractivity contribution in [2.75, 3.05) is 11.9 Å². The fourth-order valence-corrected chi connectivity index (χ4v) is 2.57. The highest BCUT2D eigenvalue weighted by molar-refractivity contribution is 8.15. The van der Waals surface area contributed by atoms with E-state index in [0.717, 1.165) is 6.07 Å². The number of rotatable bonds is 1. The second-order valence-corrected chi connectivity index (χ2v) is 5.73. The number of hydrogen-bond donors (Lipinski definition) is 1. The van der Waals surface area contributed by atoms with Crippen molar-refractivity contribution in [3.8, 4) is 0 Å². The van der Waals surface area contributed by atoms with Gasteiger partial charge in [0.25, 0.3) is 0 Å². The highest BCUT2D eigenvalue weighted by atomic mass is 35.5.